The lowest BCUT2D eigenvalue weighted by molar-refractivity contribution is -0.117. The van der Waals surface area contributed by atoms with Crippen molar-refractivity contribution >= 4 is 23.1 Å². The fraction of sp³-hybridized carbons (Fsp3) is 0.591. The number of amides is 1. The van der Waals surface area contributed by atoms with Crippen LogP contribution in [0, 0.1) is 20.8 Å². The summed E-state index contributed by atoms with van der Waals surface area (Å²) in [4.78, 5) is 13.1. The quantitative estimate of drug-likeness (QED) is 0.803. The molecular formula is C22H28ClNO3. The maximum atomic E-state index is 13.1. The second kappa shape index (κ2) is 6.52. The van der Waals surface area contributed by atoms with E-state index in [-0.39, 0.29) is 11.5 Å². The normalized spacial score (nSPS) is 30.5. The molecule has 1 saturated carbocycles. The molecule has 5 heteroatoms. The van der Waals surface area contributed by atoms with Gasteiger partial charge in [-0.25, -0.2) is 0 Å². The standard InChI is InChI=1S/C22H28ClNO3/c1-13-12-16(23)14(2)15(3)17(13)18-19(26-4)22(24-20(18)25)9-7-21(8-10-22)6-5-11-27-21/h12H,5-11H2,1-4H3,(H,24,25). The van der Waals surface area contributed by atoms with E-state index in [9.17, 15) is 4.79 Å². The Kier molecular flexibility index (Phi) is 4.55. The highest BCUT2D eigenvalue weighted by Crippen LogP contribution is 2.50. The number of carbonyl (C=O) groups excluding carboxylic acids is 1. The van der Waals surface area contributed by atoms with E-state index < -0.39 is 5.54 Å². The van der Waals surface area contributed by atoms with Crippen molar-refractivity contribution in [3.63, 3.8) is 0 Å². The molecule has 2 aliphatic heterocycles. The van der Waals surface area contributed by atoms with Crippen LogP contribution in [0.4, 0.5) is 0 Å². The predicted octanol–water partition coefficient (Wildman–Crippen LogP) is 4.61. The number of hydrogen-bond acceptors (Lipinski definition) is 3. The van der Waals surface area contributed by atoms with Crippen LogP contribution in [0.3, 0.4) is 0 Å². The molecule has 0 atom stereocenters. The van der Waals surface area contributed by atoms with E-state index >= 15 is 0 Å². The van der Waals surface area contributed by atoms with Crippen LogP contribution in [0.25, 0.3) is 5.57 Å². The highest BCUT2D eigenvalue weighted by atomic mass is 35.5. The molecule has 1 saturated heterocycles. The fourth-order valence-corrected chi connectivity index (χ4v) is 5.56. The molecule has 2 spiro atoms. The van der Waals surface area contributed by atoms with E-state index in [4.69, 9.17) is 21.1 Å². The van der Waals surface area contributed by atoms with Crippen LogP contribution < -0.4 is 5.32 Å². The molecule has 1 aromatic rings. The number of aryl methyl sites for hydroxylation is 1. The van der Waals surface area contributed by atoms with Gasteiger partial charge in [0.2, 0.25) is 0 Å². The maximum absolute atomic E-state index is 13.1. The Balaban J connectivity index is 1.78. The Morgan fingerprint density at radius 1 is 1.11 bits per heavy atom. The predicted molar refractivity (Wildman–Crippen MR) is 107 cm³/mol. The van der Waals surface area contributed by atoms with Crippen molar-refractivity contribution in [3.05, 3.63) is 39.1 Å². The van der Waals surface area contributed by atoms with Crippen molar-refractivity contribution in [1.29, 1.82) is 0 Å². The molecule has 0 aromatic heterocycles. The first kappa shape index (κ1) is 18.8. The number of nitrogens with one attached hydrogen (secondary N) is 1. The summed E-state index contributed by atoms with van der Waals surface area (Å²) in [6.45, 7) is 6.90. The molecular weight excluding hydrogens is 362 g/mol. The van der Waals surface area contributed by atoms with E-state index in [0.29, 0.717) is 5.57 Å². The first-order valence-electron chi connectivity index (χ1n) is 9.84. The van der Waals surface area contributed by atoms with E-state index in [1.165, 1.54) is 0 Å². The number of halogens is 1. The Morgan fingerprint density at radius 3 is 2.41 bits per heavy atom. The molecule has 146 valence electrons. The van der Waals surface area contributed by atoms with Crippen LogP contribution >= 0.6 is 11.6 Å². The van der Waals surface area contributed by atoms with Gasteiger partial charge in [-0.1, -0.05) is 11.6 Å². The van der Waals surface area contributed by atoms with Crippen LogP contribution in [0.2, 0.25) is 5.02 Å². The molecule has 27 heavy (non-hydrogen) atoms. The highest BCUT2D eigenvalue weighted by molar-refractivity contribution is 6.32. The van der Waals surface area contributed by atoms with E-state index in [1.54, 1.807) is 7.11 Å². The smallest absolute Gasteiger partial charge is 0.256 e. The van der Waals surface area contributed by atoms with Crippen LogP contribution in [0.5, 0.6) is 0 Å². The number of carbonyl (C=O) groups is 1. The molecule has 1 aromatic carbocycles. The summed E-state index contributed by atoms with van der Waals surface area (Å²) in [5.41, 5.74) is 4.30. The minimum atomic E-state index is -0.412. The van der Waals surface area contributed by atoms with Gasteiger partial charge < -0.3 is 14.8 Å². The van der Waals surface area contributed by atoms with Crippen LogP contribution in [-0.2, 0) is 14.3 Å². The molecule has 0 radical (unpaired) electrons. The van der Waals surface area contributed by atoms with Gasteiger partial charge in [0.25, 0.3) is 5.91 Å². The number of benzene rings is 1. The summed E-state index contributed by atoms with van der Waals surface area (Å²) in [6.07, 6.45) is 5.91. The van der Waals surface area contributed by atoms with Crippen molar-refractivity contribution in [2.75, 3.05) is 13.7 Å². The third kappa shape index (κ3) is 2.80. The summed E-state index contributed by atoms with van der Waals surface area (Å²) >= 11 is 6.35. The lowest BCUT2D eigenvalue weighted by Crippen LogP contribution is -2.51. The van der Waals surface area contributed by atoms with Gasteiger partial charge >= 0.3 is 0 Å². The van der Waals surface area contributed by atoms with Gasteiger partial charge in [-0.15, -0.1) is 0 Å². The summed E-state index contributed by atoms with van der Waals surface area (Å²) in [5.74, 6) is 0.747. The second-order valence-corrected chi connectivity index (χ2v) is 8.79. The van der Waals surface area contributed by atoms with Gasteiger partial charge in [-0.2, -0.15) is 0 Å². The average molecular weight is 390 g/mol. The Morgan fingerprint density at radius 2 is 1.81 bits per heavy atom. The monoisotopic (exact) mass is 389 g/mol. The molecule has 2 heterocycles. The molecule has 0 unspecified atom stereocenters. The lowest BCUT2D eigenvalue weighted by atomic mass is 9.72. The third-order valence-electron chi connectivity index (χ3n) is 6.93. The van der Waals surface area contributed by atoms with Gasteiger partial charge in [0, 0.05) is 11.6 Å². The maximum Gasteiger partial charge on any atom is 0.256 e. The summed E-state index contributed by atoms with van der Waals surface area (Å²) in [5, 5.41) is 4.02. The first-order chi connectivity index (χ1) is 12.8. The zero-order chi connectivity index (χ0) is 19.4. The van der Waals surface area contributed by atoms with Crippen molar-refractivity contribution < 1.29 is 14.3 Å². The number of hydrogen-bond donors (Lipinski definition) is 1. The molecule has 1 N–H and O–H groups in total. The molecule has 4 rings (SSSR count). The zero-order valence-electron chi connectivity index (χ0n) is 16.6. The SMILES string of the molecule is COC1=C(c2c(C)cc(Cl)c(C)c2C)C(=O)NC12CCC1(CCCO1)CC2. The van der Waals surface area contributed by atoms with E-state index in [2.05, 4.69) is 5.32 Å². The number of ether oxygens (including phenoxy) is 2. The second-order valence-electron chi connectivity index (χ2n) is 8.38. The van der Waals surface area contributed by atoms with Crippen molar-refractivity contribution in [3.8, 4) is 0 Å². The zero-order valence-corrected chi connectivity index (χ0v) is 17.4. The van der Waals surface area contributed by atoms with Gasteiger partial charge in [0.05, 0.1) is 23.8 Å². The number of methoxy groups -OCH3 is 1. The number of rotatable bonds is 2. The topological polar surface area (TPSA) is 47.6 Å². The lowest BCUT2D eigenvalue weighted by Gasteiger charge is -2.43. The minimum absolute atomic E-state index is 0.0142. The van der Waals surface area contributed by atoms with Gasteiger partial charge in [0.15, 0.2) is 0 Å². The van der Waals surface area contributed by atoms with Crippen molar-refractivity contribution in [1.82, 2.24) is 5.32 Å². The molecule has 4 nitrogen and oxygen atoms in total. The van der Waals surface area contributed by atoms with E-state index in [0.717, 1.165) is 78.2 Å². The van der Waals surface area contributed by atoms with Gasteiger partial charge in [-0.3, -0.25) is 4.79 Å². The third-order valence-corrected chi connectivity index (χ3v) is 7.32. The van der Waals surface area contributed by atoms with Crippen molar-refractivity contribution in [2.24, 2.45) is 0 Å². The van der Waals surface area contributed by atoms with Gasteiger partial charge in [-0.05, 0) is 87.6 Å². The van der Waals surface area contributed by atoms with Crippen LogP contribution in [-0.4, -0.2) is 30.8 Å². The Labute approximate surface area is 166 Å². The van der Waals surface area contributed by atoms with Crippen molar-refractivity contribution in [2.45, 2.75) is 70.4 Å². The molecule has 1 amide bonds. The highest BCUT2D eigenvalue weighted by Gasteiger charge is 2.53. The molecule has 1 aliphatic carbocycles. The summed E-state index contributed by atoms with van der Waals surface area (Å²) < 4.78 is 12.0. The van der Waals surface area contributed by atoms with E-state index in [1.807, 2.05) is 26.8 Å². The van der Waals surface area contributed by atoms with Gasteiger partial charge in [0.1, 0.15) is 5.76 Å². The molecule has 0 bridgehead atoms. The summed E-state index contributed by atoms with van der Waals surface area (Å²) in [7, 11) is 1.68. The molecule has 3 aliphatic rings. The Bertz CT molecular complexity index is 826. The minimum Gasteiger partial charge on any atom is -0.498 e. The fourth-order valence-electron chi connectivity index (χ4n) is 5.25. The molecule has 2 fully saturated rings. The van der Waals surface area contributed by atoms with Crippen LogP contribution in [0.15, 0.2) is 11.8 Å². The Hall–Kier alpha value is -1.52. The summed E-state index contributed by atoms with van der Waals surface area (Å²) in [6, 6.07) is 1.94. The first-order valence-corrected chi connectivity index (χ1v) is 10.2. The largest absolute Gasteiger partial charge is 0.498 e. The average Bonchev–Trinajstić information content (AvgIpc) is 3.20. The van der Waals surface area contributed by atoms with Crippen LogP contribution in [0.1, 0.15) is 60.8 Å².